The van der Waals surface area contributed by atoms with Crippen molar-refractivity contribution in [1.29, 1.82) is 0 Å². The summed E-state index contributed by atoms with van der Waals surface area (Å²) in [5.41, 5.74) is 5.57. The van der Waals surface area contributed by atoms with Gasteiger partial charge in [-0.25, -0.2) is 0 Å². The van der Waals surface area contributed by atoms with Gasteiger partial charge in [-0.3, -0.25) is 0 Å². The Morgan fingerprint density at radius 1 is 0.947 bits per heavy atom. The van der Waals surface area contributed by atoms with Crippen molar-refractivity contribution < 1.29 is 0 Å². The average molecular weight is 358 g/mol. The van der Waals surface area contributed by atoms with Crippen molar-refractivity contribution in [3.63, 3.8) is 0 Å². The van der Waals surface area contributed by atoms with E-state index in [0.717, 1.165) is 20.6 Å². The molecule has 0 saturated carbocycles. The molecule has 0 aliphatic heterocycles. The van der Waals surface area contributed by atoms with Crippen molar-refractivity contribution in [2.75, 3.05) is 0 Å². The zero-order valence-corrected chi connectivity index (χ0v) is 14.2. The molecule has 2 aromatic rings. The maximum atomic E-state index is 6.62. The molecule has 0 radical (unpaired) electrons. The molecule has 19 heavy (non-hydrogen) atoms. The quantitative estimate of drug-likeness (QED) is 0.549. The van der Waals surface area contributed by atoms with Gasteiger partial charge in [-0.15, -0.1) is 11.6 Å². The highest BCUT2D eigenvalue weighted by Crippen LogP contribution is 2.38. The lowest BCUT2D eigenvalue weighted by Gasteiger charge is -2.16. The zero-order chi connectivity index (χ0) is 14.2. The highest BCUT2D eigenvalue weighted by atomic mass is 79.9. The van der Waals surface area contributed by atoms with Crippen molar-refractivity contribution in [3.8, 4) is 0 Å². The number of rotatable bonds is 2. The van der Waals surface area contributed by atoms with E-state index in [1.165, 1.54) is 16.7 Å². The van der Waals surface area contributed by atoms with Crippen LogP contribution in [-0.2, 0) is 0 Å². The van der Waals surface area contributed by atoms with Crippen LogP contribution in [0.5, 0.6) is 0 Å². The third-order valence-corrected chi connectivity index (χ3v) is 4.83. The van der Waals surface area contributed by atoms with Crippen LogP contribution in [0.3, 0.4) is 0 Å². The van der Waals surface area contributed by atoms with Crippen LogP contribution in [0.15, 0.2) is 34.8 Å². The number of aryl methyl sites for hydroxylation is 3. The van der Waals surface area contributed by atoms with Gasteiger partial charge in [0.25, 0.3) is 0 Å². The second kappa shape index (κ2) is 5.87. The molecule has 0 saturated heterocycles. The van der Waals surface area contributed by atoms with Gasteiger partial charge in [-0.2, -0.15) is 0 Å². The predicted molar refractivity (Wildman–Crippen MR) is 87.5 cm³/mol. The van der Waals surface area contributed by atoms with E-state index in [1.807, 2.05) is 12.1 Å². The summed E-state index contributed by atoms with van der Waals surface area (Å²) in [6, 6.07) is 10.2. The van der Waals surface area contributed by atoms with Gasteiger partial charge >= 0.3 is 0 Å². The van der Waals surface area contributed by atoms with Crippen LogP contribution in [0, 0.1) is 20.8 Å². The van der Waals surface area contributed by atoms with Crippen LogP contribution in [0.4, 0.5) is 0 Å². The van der Waals surface area contributed by atoms with Crippen LogP contribution in [0.25, 0.3) is 0 Å². The first-order chi connectivity index (χ1) is 8.90. The Labute approximate surface area is 132 Å². The van der Waals surface area contributed by atoms with E-state index in [-0.39, 0.29) is 5.38 Å². The molecule has 0 aliphatic rings. The molecule has 0 N–H and O–H groups in total. The monoisotopic (exact) mass is 356 g/mol. The van der Waals surface area contributed by atoms with Gasteiger partial charge in [0.1, 0.15) is 0 Å². The van der Waals surface area contributed by atoms with Crippen LogP contribution < -0.4 is 0 Å². The number of hydrogen-bond donors (Lipinski definition) is 0. The fraction of sp³-hybridized carbons (Fsp3) is 0.250. The summed E-state index contributed by atoms with van der Waals surface area (Å²) in [7, 11) is 0. The van der Waals surface area contributed by atoms with Crippen molar-refractivity contribution in [1.82, 2.24) is 0 Å². The molecular formula is C16H15BrCl2. The molecule has 0 aliphatic carbocycles. The molecule has 2 aromatic carbocycles. The third-order valence-electron chi connectivity index (χ3n) is 3.31. The Balaban J connectivity index is 2.52. The Hall–Kier alpha value is -0.500. The van der Waals surface area contributed by atoms with Crippen LogP contribution in [0.1, 0.15) is 33.2 Å². The van der Waals surface area contributed by atoms with Gasteiger partial charge in [-0.05, 0) is 55.2 Å². The SMILES string of the molecule is Cc1ccc(Br)c(C(Cl)c2cc(C)c(C)cc2Cl)c1. The van der Waals surface area contributed by atoms with E-state index in [1.54, 1.807) is 0 Å². The predicted octanol–water partition coefficient (Wildman–Crippen LogP) is 6.36. The summed E-state index contributed by atoms with van der Waals surface area (Å²) in [6.07, 6.45) is 0. The van der Waals surface area contributed by atoms with E-state index in [0.29, 0.717) is 0 Å². The standard InChI is InChI=1S/C16H15BrCl2/c1-9-4-5-14(17)12(6-9)16(19)13-7-10(2)11(3)8-15(13)18/h4-8,16H,1-3H3. The summed E-state index contributed by atoms with van der Waals surface area (Å²) in [5, 5.41) is 0.470. The van der Waals surface area contributed by atoms with Crippen molar-refractivity contribution >= 4 is 39.1 Å². The first-order valence-corrected chi connectivity index (χ1v) is 7.67. The highest BCUT2D eigenvalue weighted by molar-refractivity contribution is 9.10. The molecule has 0 aromatic heterocycles. The average Bonchev–Trinajstić information content (AvgIpc) is 2.36. The van der Waals surface area contributed by atoms with Crippen molar-refractivity contribution in [2.45, 2.75) is 26.1 Å². The molecule has 3 heteroatoms. The first kappa shape index (κ1) is 14.9. The molecular weight excluding hydrogens is 343 g/mol. The molecule has 100 valence electrons. The van der Waals surface area contributed by atoms with Gasteiger partial charge in [0.2, 0.25) is 0 Å². The second-order valence-electron chi connectivity index (χ2n) is 4.85. The summed E-state index contributed by atoms with van der Waals surface area (Å²) < 4.78 is 1.01. The molecule has 2 rings (SSSR count). The van der Waals surface area contributed by atoms with Crippen LogP contribution in [-0.4, -0.2) is 0 Å². The largest absolute Gasteiger partial charge is 0.112 e. The number of alkyl halides is 1. The highest BCUT2D eigenvalue weighted by Gasteiger charge is 2.18. The topological polar surface area (TPSA) is 0 Å². The minimum atomic E-state index is -0.249. The van der Waals surface area contributed by atoms with Gasteiger partial charge in [0.05, 0.1) is 5.38 Å². The summed E-state index contributed by atoms with van der Waals surface area (Å²) >= 11 is 16.5. The van der Waals surface area contributed by atoms with Gasteiger partial charge in [0, 0.05) is 9.50 Å². The molecule has 0 heterocycles. The van der Waals surface area contributed by atoms with Gasteiger partial charge < -0.3 is 0 Å². The Morgan fingerprint density at radius 2 is 1.58 bits per heavy atom. The summed E-state index contributed by atoms with van der Waals surface area (Å²) in [6.45, 7) is 6.18. The van der Waals surface area contributed by atoms with E-state index >= 15 is 0 Å². The van der Waals surface area contributed by atoms with Gasteiger partial charge in [0.15, 0.2) is 0 Å². The van der Waals surface area contributed by atoms with E-state index < -0.39 is 0 Å². The van der Waals surface area contributed by atoms with Crippen molar-refractivity contribution in [3.05, 3.63) is 67.6 Å². The Kier molecular flexibility index (Phi) is 4.60. The van der Waals surface area contributed by atoms with E-state index in [9.17, 15) is 0 Å². The third kappa shape index (κ3) is 3.16. The Morgan fingerprint density at radius 3 is 2.26 bits per heavy atom. The minimum Gasteiger partial charge on any atom is -0.112 e. The molecule has 0 bridgehead atoms. The Bertz CT molecular complexity index is 620. The molecule has 0 amide bonds. The lowest BCUT2D eigenvalue weighted by atomic mass is 9.99. The maximum Gasteiger partial charge on any atom is 0.0860 e. The van der Waals surface area contributed by atoms with Crippen molar-refractivity contribution in [2.24, 2.45) is 0 Å². The fourth-order valence-corrected chi connectivity index (χ4v) is 3.37. The molecule has 1 unspecified atom stereocenters. The molecule has 1 atom stereocenters. The summed E-state index contributed by atoms with van der Waals surface area (Å²) in [5.74, 6) is 0. The number of benzene rings is 2. The first-order valence-electron chi connectivity index (χ1n) is 6.07. The smallest absolute Gasteiger partial charge is 0.0860 e. The van der Waals surface area contributed by atoms with E-state index in [4.69, 9.17) is 23.2 Å². The molecule has 0 spiro atoms. The number of halogens is 3. The zero-order valence-electron chi connectivity index (χ0n) is 11.1. The number of hydrogen-bond acceptors (Lipinski definition) is 0. The van der Waals surface area contributed by atoms with E-state index in [2.05, 4.69) is 54.9 Å². The fourth-order valence-electron chi connectivity index (χ4n) is 2.02. The molecule has 0 fully saturated rings. The second-order valence-corrected chi connectivity index (χ2v) is 6.54. The minimum absolute atomic E-state index is 0.249. The lowest BCUT2D eigenvalue weighted by molar-refractivity contribution is 1.11. The van der Waals surface area contributed by atoms with Crippen LogP contribution >= 0.6 is 39.1 Å². The lowest BCUT2D eigenvalue weighted by Crippen LogP contribution is -1.98. The van der Waals surface area contributed by atoms with Gasteiger partial charge in [-0.1, -0.05) is 51.3 Å². The van der Waals surface area contributed by atoms with Crippen LogP contribution in [0.2, 0.25) is 5.02 Å². The summed E-state index contributed by atoms with van der Waals surface area (Å²) in [4.78, 5) is 0. The normalized spacial score (nSPS) is 12.5. The maximum absolute atomic E-state index is 6.62. The molecule has 0 nitrogen and oxygen atoms in total.